The molecule has 3 rings (SSSR count). The van der Waals surface area contributed by atoms with E-state index in [-0.39, 0.29) is 15.7 Å². The lowest BCUT2D eigenvalue weighted by atomic mass is 9.96. The van der Waals surface area contributed by atoms with Gasteiger partial charge in [0.25, 0.3) is 20.0 Å². The van der Waals surface area contributed by atoms with Gasteiger partial charge in [0.1, 0.15) is 5.82 Å². The monoisotopic (exact) mass is 471 g/mol. The minimum absolute atomic E-state index is 0.186. The SMILES string of the molecule is CC(C)C(=C=CN(S(=O)(=O)c1ccccc1)S(=O)(=O)c1ccccc1)c1cccc(F)c1. The van der Waals surface area contributed by atoms with Gasteiger partial charge in [0, 0.05) is 5.57 Å². The molecule has 0 saturated heterocycles. The third-order valence-corrected chi connectivity index (χ3v) is 8.67. The Morgan fingerprint density at radius 1 is 0.812 bits per heavy atom. The highest BCUT2D eigenvalue weighted by Crippen LogP contribution is 2.27. The quantitative estimate of drug-likeness (QED) is 0.452. The first-order chi connectivity index (χ1) is 15.1. The zero-order chi connectivity index (χ0) is 23.4. The Kier molecular flexibility index (Phi) is 6.99. The summed E-state index contributed by atoms with van der Waals surface area (Å²) in [7, 11) is -8.96. The molecule has 0 unspecified atom stereocenters. The van der Waals surface area contributed by atoms with Gasteiger partial charge in [0.2, 0.25) is 0 Å². The molecule has 0 radical (unpaired) electrons. The summed E-state index contributed by atoms with van der Waals surface area (Å²) in [4.78, 5) is -0.371. The van der Waals surface area contributed by atoms with Crippen LogP contribution in [-0.4, -0.2) is 20.5 Å². The summed E-state index contributed by atoms with van der Waals surface area (Å²) >= 11 is 0. The van der Waals surface area contributed by atoms with Crippen molar-refractivity contribution >= 4 is 25.6 Å². The summed E-state index contributed by atoms with van der Waals surface area (Å²) in [5, 5.41) is 0. The Labute approximate surface area is 188 Å². The Bertz CT molecular complexity index is 1290. The molecule has 0 heterocycles. The number of hydrogen-bond donors (Lipinski definition) is 0. The van der Waals surface area contributed by atoms with E-state index in [1.807, 2.05) is 13.8 Å². The highest BCUT2D eigenvalue weighted by Gasteiger charge is 2.33. The van der Waals surface area contributed by atoms with Gasteiger partial charge in [-0.2, -0.15) is 3.71 Å². The molecule has 0 spiro atoms. The molecule has 0 saturated carbocycles. The normalized spacial score (nSPS) is 11.6. The van der Waals surface area contributed by atoms with Crippen LogP contribution in [-0.2, 0) is 20.0 Å². The second-order valence-corrected chi connectivity index (χ2v) is 11.1. The van der Waals surface area contributed by atoms with E-state index < -0.39 is 25.9 Å². The molecule has 8 heteroatoms. The van der Waals surface area contributed by atoms with Crippen molar-refractivity contribution in [2.45, 2.75) is 23.6 Å². The van der Waals surface area contributed by atoms with E-state index in [4.69, 9.17) is 0 Å². The molecule has 0 aliphatic heterocycles. The topological polar surface area (TPSA) is 71.5 Å². The number of sulfonamides is 2. The maximum absolute atomic E-state index is 13.8. The fourth-order valence-corrected chi connectivity index (χ4v) is 6.37. The zero-order valence-corrected chi connectivity index (χ0v) is 19.1. The smallest absolute Gasteiger partial charge is 0.207 e. The van der Waals surface area contributed by atoms with Crippen molar-refractivity contribution in [2.24, 2.45) is 5.92 Å². The van der Waals surface area contributed by atoms with Crippen molar-refractivity contribution in [1.82, 2.24) is 3.71 Å². The first kappa shape index (κ1) is 23.5. The fraction of sp³-hybridized carbons (Fsp3) is 0.125. The standard InChI is InChI=1S/C24H22FNO4S2/c1-19(2)24(20-10-9-11-21(25)18-20)16-17-26(31(27,28)22-12-5-3-6-13-22)32(29,30)23-14-7-4-8-15-23/h3-15,17-19H,1-2H3. The van der Waals surface area contributed by atoms with E-state index in [0.29, 0.717) is 14.8 Å². The molecular formula is C24H22FNO4S2. The van der Waals surface area contributed by atoms with Crippen LogP contribution >= 0.6 is 0 Å². The van der Waals surface area contributed by atoms with Gasteiger partial charge in [-0.15, -0.1) is 0 Å². The molecule has 0 aromatic heterocycles. The molecule has 0 aliphatic carbocycles. The Morgan fingerprint density at radius 3 is 1.75 bits per heavy atom. The lowest BCUT2D eigenvalue weighted by Crippen LogP contribution is -2.32. The highest BCUT2D eigenvalue weighted by atomic mass is 32.3. The molecule has 166 valence electrons. The van der Waals surface area contributed by atoms with Crippen LogP contribution < -0.4 is 0 Å². The molecule has 32 heavy (non-hydrogen) atoms. The van der Waals surface area contributed by atoms with Gasteiger partial charge in [-0.3, -0.25) is 0 Å². The molecule has 0 atom stereocenters. The molecule has 0 fully saturated rings. The van der Waals surface area contributed by atoms with Gasteiger partial charge in [-0.25, -0.2) is 21.2 Å². The fourth-order valence-electron chi connectivity index (χ4n) is 3.02. The molecule has 0 aliphatic rings. The summed E-state index contributed by atoms with van der Waals surface area (Å²) in [6.07, 6.45) is 0.894. The van der Waals surface area contributed by atoms with Crippen LogP contribution in [0.15, 0.2) is 107 Å². The average Bonchev–Trinajstić information content (AvgIpc) is 2.77. The van der Waals surface area contributed by atoms with Crippen molar-refractivity contribution in [3.05, 3.63) is 108 Å². The summed E-state index contributed by atoms with van der Waals surface area (Å²) in [6.45, 7) is 3.64. The maximum atomic E-state index is 13.8. The van der Waals surface area contributed by atoms with Crippen LogP contribution in [0.4, 0.5) is 4.39 Å². The predicted molar refractivity (Wildman–Crippen MR) is 122 cm³/mol. The number of hydrogen-bond acceptors (Lipinski definition) is 4. The molecule has 0 N–H and O–H groups in total. The molecular weight excluding hydrogens is 449 g/mol. The second kappa shape index (κ2) is 9.53. The predicted octanol–water partition coefficient (Wildman–Crippen LogP) is 5.06. The van der Waals surface area contributed by atoms with Crippen LogP contribution in [0.2, 0.25) is 0 Å². The third-order valence-electron chi connectivity index (χ3n) is 4.59. The zero-order valence-electron chi connectivity index (χ0n) is 17.5. The summed E-state index contributed by atoms with van der Waals surface area (Å²) in [5.74, 6) is -0.651. The van der Waals surface area contributed by atoms with Crippen molar-refractivity contribution < 1.29 is 21.2 Å². The number of benzene rings is 3. The Hall–Kier alpha value is -3.19. The Balaban J connectivity index is 2.26. The van der Waals surface area contributed by atoms with Crippen LogP contribution in [0.25, 0.3) is 5.57 Å². The first-order valence-electron chi connectivity index (χ1n) is 9.76. The lowest BCUT2D eigenvalue weighted by Gasteiger charge is -2.20. The highest BCUT2D eigenvalue weighted by molar-refractivity contribution is 8.04. The maximum Gasteiger partial charge on any atom is 0.277 e. The van der Waals surface area contributed by atoms with Crippen LogP contribution in [0.5, 0.6) is 0 Å². The minimum atomic E-state index is -4.48. The number of allylic oxidation sites excluding steroid dienone is 1. The van der Waals surface area contributed by atoms with E-state index in [9.17, 15) is 21.2 Å². The molecule has 3 aromatic carbocycles. The largest absolute Gasteiger partial charge is 0.277 e. The van der Waals surface area contributed by atoms with Crippen molar-refractivity contribution in [1.29, 1.82) is 0 Å². The van der Waals surface area contributed by atoms with Crippen molar-refractivity contribution in [2.75, 3.05) is 0 Å². The van der Waals surface area contributed by atoms with E-state index in [1.54, 1.807) is 18.2 Å². The number of halogens is 1. The van der Waals surface area contributed by atoms with Gasteiger partial charge < -0.3 is 0 Å². The van der Waals surface area contributed by atoms with Gasteiger partial charge in [-0.1, -0.05) is 68.1 Å². The van der Waals surface area contributed by atoms with Crippen LogP contribution in [0.3, 0.4) is 0 Å². The molecule has 0 amide bonds. The van der Waals surface area contributed by atoms with E-state index >= 15 is 0 Å². The summed E-state index contributed by atoms with van der Waals surface area (Å²) in [5.41, 5.74) is 3.74. The van der Waals surface area contributed by atoms with Gasteiger partial charge in [-0.05, 0) is 47.9 Å². The van der Waals surface area contributed by atoms with Gasteiger partial charge in [0.15, 0.2) is 0 Å². The average molecular weight is 472 g/mol. The van der Waals surface area contributed by atoms with E-state index in [1.165, 1.54) is 66.7 Å². The first-order valence-corrected chi connectivity index (χ1v) is 12.6. The van der Waals surface area contributed by atoms with E-state index in [2.05, 4.69) is 5.73 Å². The van der Waals surface area contributed by atoms with Crippen molar-refractivity contribution in [3.8, 4) is 0 Å². The molecule has 0 bridgehead atoms. The lowest BCUT2D eigenvalue weighted by molar-refractivity contribution is 0.537. The van der Waals surface area contributed by atoms with Crippen molar-refractivity contribution in [3.63, 3.8) is 0 Å². The van der Waals surface area contributed by atoms with Crippen LogP contribution in [0.1, 0.15) is 19.4 Å². The van der Waals surface area contributed by atoms with Gasteiger partial charge >= 0.3 is 0 Å². The third kappa shape index (κ3) is 4.99. The summed E-state index contributed by atoms with van der Waals surface area (Å²) < 4.78 is 67.4. The number of nitrogens with zero attached hydrogens (tertiary/aromatic N) is 1. The number of rotatable bonds is 7. The minimum Gasteiger partial charge on any atom is -0.207 e. The van der Waals surface area contributed by atoms with Crippen LogP contribution in [0, 0.1) is 11.7 Å². The molecule has 3 aromatic rings. The van der Waals surface area contributed by atoms with E-state index in [0.717, 1.165) is 6.20 Å². The summed E-state index contributed by atoms with van der Waals surface area (Å²) in [6, 6.07) is 20.3. The second-order valence-electron chi connectivity index (χ2n) is 7.21. The molecule has 5 nitrogen and oxygen atoms in total. The van der Waals surface area contributed by atoms with Gasteiger partial charge in [0.05, 0.1) is 16.0 Å². The Morgan fingerprint density at radius 2 is 1.31 bits per heavy atom.